The van der Waals surface area contributed by atoms with Crippen LogP contribution in [0.25, 0.3) is 11.3 Å². The minimum Gasteiger partial charge on any atom is -0.392 e. The van der Waals surface area contributed by atoms with Gasteiger partial charge in [-0.15, -0.1) is 0 Å². The Morgan fingerprint density at radius 2 is 1.93 bits per heavy atom. The summed E-state index contributed by atoms with van der Waals surface area (Å²) in [5.74, 6) is -2.06. The maximum absolute atomic E-state index is 15.1. The summed E-state index contributed by atoms with van der Waals surface area (Å²) < 4.78 is 54.0. The molecular weight excluding hydrogens is 650 g/mol. The van der Waals surface area contributed by atoms with Crippen LogP contribution in [-0.4, -0.2) is 59.0 Å². The van der Waals surface area contributed by atoms with E-state index in [-0.39, 0.29) is 36.6 Å². The highest BCUT2D eigenvalue weighted by Gasteiger charge is 2.52. The third-order valence-electron chi connectivity index (χ3n) is 9.18. The zero-order valence-electron chi connectivity index (χ0n) is 23.8. The second-order valence-electron chi connectivity index (χ2n) is 12.1. The summed E-state index contributed by atoms with van der Waals surface area (Å²) in [6.07, 6.45) is 3.64. The van der Waals surface area contributed by atoms with E-state index in [1.807, 2.05) is 4.72 Å². The molecule has 3 heterocycles. The summed E-state index contributed by atoms with van der Waals surface area (Å²) in [6.45, 7) is 0.147. The number of rotatable bonds is 9. The zero-order chi connectivity index (χ0) is 31.6. The first-order chi connectivity index (χ1) is 21.5. The molecule has 1 aliphatic heterocycles. The Balaban J connectivity index is 1.04. The molecule has 4 fully saturated rings. The first-order valence-electron chi connectivity index (χ1n) is 14.8. The number of aliphatic hydroxyl groups excluding tert-OH is 1. The van der Waals surface area contributed by atoms with Gasteiger partial charge < -0.3 is 19.3 Å². The molecule has 5 atom stereocenters. The van der Waals surface area contributed by atoms with Gasteiger partial charge in [0.15, 0.2) is 11.5 Å². The number of sulfonamides is 1. The smallest absolute Gasteiger partial charge is 0.286 e. The van der Waals surface area contributed by atoms with Crippen molar-refractivity contribution in [2.24, 2.45) is 5.92 Å². The van der Waals surface area contributed by atoms with E-state index in [2.05, 4.69) is 10.1 Å². The van der Waals surface area contributed by atoms with Crippen LogP contribution in [0.2, 0.25) is 10.0 Å². The fourth-order valence-corrected chi connectivity index (χ4v) is 8.92. The van der Waals surface area contributed by atoms with Crippen LogP contribution in [0.1, 0.15) is 72.7 Å². The molecule has 15 heteroatoms. The number of ether oxygens (including phenoxy) is 1. The van der Waals surface area contributed by atoms with Crippen molar-refractivity contribution >= 4 is 50.7 Å². The number of hydrogen-bond acceptors (Lipinski definition) is 9. The van der Waals surface area contributed by atoms with Gasteiger partial charge in [-0.25, -0.2) is 22.5 Å². The lowest BCUT2D eigenvalue weighted by Gasteiger charge is -2.31. The molecule has 1 aromatic carbocycles. The molecule has 0 radical (unpaired) electrons. The number of fused-ring (bicyclic) bond motifs is 2. The third kappa shape index (κ3) is 5.52. The van der Waals surface area contributed by atoms with Crippen molar-refractivity contribution in [3.8, 4) is 11.3 Å². The number of carbonyl (C=O) groups is 2. The number of nitrogens with zero attached hydrogens (tertiary/aromatic N) is 3. The number of benzene rings is 1. The van der Waals surface area contributed by atoms with Gasteiger partial charge in [0.1, 0.15) is 16.7 Å². The highest BCUT2D eigenvalue weighted by Crippen LogP contribution is 2.47. The predicted octanol–water partition coefficient (Wildman–Crippen LogP) is 4.74. The van der Waals surface area contributed by atoms with Gasteiger partial charge in [-0.1, -0.05) is 34.4 Å². The fourth-order valence-electron chi connectivity index (χ4n) is 6.81. The Morgan fingerprint density at radius 1 is 1.18 bits per heavy atom. The molecule has 7 rings (SSSR count). The average molecular weight is 680 g/mol. The van der Waals surface area contributed by atoms with E-state index in [9.17, 15) is 23.1 Å². The van der Waals surface area contributed by atoms with Gasteiger partial charge in [-0.05, 0) is 57.1 Å². The summed E-state index contributed by atoms with van der Waals surface area (Å²) in [4.78, 5) is 31.4. The normalized spacial score (nSPS) is 26.2. The molecule has 3 aromatic rings. The van der Waals surface area contributed by atoms with Gasteiger partial charge in [0.25, 0.3) is 5.91 Å². The highest BCUT2D eigenvalue weighted by molar-refractivity contribution is 7.90. The van der Waals surface area contributed by atoms with Crippen LogP contribution < -0.4 is 9.62 Å². The molecule has 45 heavy (non-hydrogen) atoms. The number of aromatic nitrogens is 2. The second-order valence-corrected chi connectivity index (χ2v) is 14.8. The van der Waals surface area contributed by atoms with Crippen LogP contribution in [-0.2, 0) is 26.2 Å². The molecule has 2 N–H and O–H groups in total. The van der Waals surface area contributed by atoms with Gasteiger partial charge in [0.05, 0.1) is 46.7 Å². The largest absolute Gasteiger partial charge is 0.392 e. The molecule has 2 aromatic heterocycles. The molecule has 4 aliphatic rings. The topological polar surface area (TPSA) is 152 Å². The van der Waals surface area contributed by atoms with Crippen molar-refractivity contribution in [1.82, 2.24) is 14.9 Å². The molecule has 2 amide bonds. The van der Waals surface area contributed by atoms with Crippen molar-refractivity contribution in [2.75, 3.05) is 4.90 Å². The quantitative estimate of drug-likeness (QED) is 0.327. The van der Waals surface area contributed by atoms with E-state index in [1.165, 1.54) is 11.1 Å². The first kappa shape index (κ1) is 30.5. The van der Waals surface area contributed by atoms with Crippen LogP contribution in [0.15, 0.2) is 35.0 Å². The van der Waals surface area contributed by atoms with Crippen molar-refractivity contribution < 1.29 is 36.8 Å². The fraction of sp³-hybridized carbons (Fsp3) is 0.467. The van der Waals surface area contributed by atoms with Gasteiger partial charge >= 0.3 is 0 Å². The molecule has 238 valence electrons. The average Bonchev–Trinajstić information content (AvgIpc) is 3.26. The maximum Gasteiger partial charge on any atom is 0.286 e. The number of amides is 2. The van der Waals surface area contributed by atoms with E-state index in [1.54, 1.807) is 18.2 Å². The van der Waals surface area contributed by atoms with E-state index in [0.717, 1.165) is 30.2 Å². The van der Waals surface area contributed by atoms with Gasteiger partial charge in [0, 0.05) is 29.2 Å². The molecule has 3 saturated carbocycles. The second kappa shape index (κ2) is 11.6. The van der Waals surface area contributed by atoms with E-state index >= 15 is 4.39 Å². The van der Waals surface area contributed by atoms with Crippen LogP contribution in [0.3, 0.4) is 0 Å². The number of pyridine rings is 1. The van der Waals surface area contributed by atoms with Crippen molar-refractivity contribution in [1.29, 1.82) is 0 Å². The van der Waals surface area contributed by atoms with Crippen LogP contribution in [0.5, 0.6) is 0 Å². The van der Waals surface area contributed by atoms with Crippen molar-refractivity contribution in [3.05, 3.63) is 63.3 Å². The Bertz CT molecular complexity index is 1780. The number of carbonyl (C=O) groups excluding carboxylic acids is 2. The maximum atomic E-state index is 15.1. The summed E-state index contributed by atoms with van der Waals surface area (Å²) in [7, 11) is -4.23. The van der Waals surface area contributed by atoms with Gasteiger partial charge in [-0.2, -0.15) is 0 Å². The first-order valence-corrected chi connectivity index (χ1v) is 17.1. The summed E-state index contributed by atoms with van der Waals surface area (Å²) >= 11 is 12.9. The van der Waals surface area contributed by atoms with E-state index in [4.69, 9.17) is 32.5 Å². The number of hydrogen-bond donors (Lipinski definition) is 2. The Labute approximate surface area is 268 Å². The molecule has 0 spiro atoms. The lowest BCUT2D eigenvalue weighted by Crippen LogP contribution is -2.43. The lowest BCUT2D eigenvalue weighted by molar-refractivity contribution is -0.126. The minimum atomic E-state index is -4.23. The Kier molecular flexibility index (Phi) is 7.88. The zero-order valence-corrected chi connectivity index (χ0v) is 26.1. The van der Waals surface area contributed by atoms with E-state index < -0.39 is 50.8 Å². The molecule has 1 saturated heterocycles. The standard InChI is InChI=1S/C30H29Cl2FN4O7S/c31-19-3-1-4-20(32)25(19)26-18(28(44-35-26)14-7-8-14)13-43-23-11-15-9-17(23)30(40)37(15)16-10-21(33)27(34-12-16)29(39)36-45(41,42)24-6-2-5-22(24)38/h1,3-4,10,12,14-15,17,22-24,38H,2,5-9,11,13H2,(H,36,39)/t15-,17+,22+,23+,24+/m0/s1. The minimum absolute atomic E-state index is 0.147. The SMILES string of the molecule is O=C(NS(=O)(=O)[C@@H]1CCC[C@H]1O)c1ncc(N2C(=O)[C@@H]3C[C@H]2C[C@H]3OCc2c(-c3c(Cl)cccc3Cl)noc2C2CC2)cc1F. The summed E-state index contributed by atoms with van der Waals surface area (Å²) in [5.41, 5.74) is 1.28. The summed E-state index contributed by atoms with van der Waals surface area (Å²) in [6, 6.07) is 5.92. The number of halogens is 3. The molecule has 3 aliphatic carbocycles. The number of piperidine rings is 1. The number of anilines is 1. The molecule has 11 nitrogen and oxygen atoms in total. The van der Waals surface area contributed by atoms with Crippen molar-refractivity contribution in [2.45, 2.75) is 81.0 Å². The number of aliphatic hydroxyl groups is 1. The monoisotopic (exact) mass is 678 g/mol. The lowest BCUT2D eigenvalue weighted by atomic mass is 10.0. The van der Waals surface area contributed by atoms with Gasteiger partial charge in [0.2, 0.25) is 15.9 Å². The van der Waals surface area contributed by atoms with Crippen LogP contribution in [0.4, 0.5) is 10.1 Å². The Morgan fingerprint density at radius 3 is 2.58 bits per heavy atom. The molecule has 2 bridgehead atoms. The van der Waals surface area contributed by atoms with Crippen LogP contribution >= 0.6 is 23.2 Å². The highest BCUT2D eigenvalue weighted by atomic mass is 35.5. The summed E-state index contributed by atoms with van der Waals surface area (Å²) in [5, 5.41) is 13.9. The predicted molar refractivity (Wildman–Crippen MR) is 161 cm³/mol. The molecular formula is C30H29Cl2FN4O7S. The van der Waals surface area contributed by atoms with E-state index in [0.29, 0.717) is 47.0 Å². The number of nitrogens with one attached hydrogen (secondary N) is 1. The Hall–Kier alpha value is -3.10. The van der Waals surface area contributed by atoms with Crippen molar-refractivity contribution in [3.63, 3.8) is 0 Å². The molecule has 0 unspecified atom stereocenters. The third-order valence-corrected chi connectivity index (χ3v) is 11.6. The van der Waals surface area contributed by atoms with Gasteiger partial charge in [-0.3, -0.25) is 9.59 Å². The van der Waals surface area contributed by atoms with Crippen LogP contribution in [0, 0.1) is 11.7 Å².